The van der Waals surface area contributed by atoms with Crippen LogP contribution in [0.25, 0.3) is 0 Å². The molecule has 0 amide bonds. The lowest BCUT2D eigenvalue weighted by molar-refractivity contribution is -0.152. The number of hydrogen-bond donors (Lipinski definition) is 1. The van der Waals surface area contributed by atoms with Crippen molar-refractivity contribution < 1.29 is 23.7 Å². The highest BCUT2D eigenvalue weighted by molar-refractivity contribution is 7.17. The number of hydrogen-bond acceptors (Lipinski definition) is 4. The minimum Gasteiger partial charge on any atom is -0.479 e. The first-order valence-electron chi connectivity index (χ1n) is 10.0. The molecule has 0 radical (unpaired) electrons. The molecule has 0 aliphatic heterocycles. The third kappa shape index (κ3) is 18.1. The molecule has 0 heterocycles. The Morgan fingerprint density at radius 2 is 1.28 bits per heavy atom. The predicted octanol–water partition coefficient (Wildman–Crippen LogP) is 6.16. The van der Waals surface area contributed by atoms with Gasteiger partial charge in [0.2, 0.25) is 0 Å². The van der Waals surface area contributed by atoms with Gasteiger partial charge in [-0.25, -0.2) is 9.36 Å². The molecule has 1 atom stereocenters. The summed E-state index contributed by atoms with van der Waals surface area (Å²) in [5, 5.41) is 8.90. The van der Waals surface area contributed by atoms with Gasteiger partial charge in [-0.1, -0.05) is 90.4 Å². The molecule has 0 aromatic rings. The monoisotopic (exact) mass is 376 g/mol. The van der Waals surface area contributed by atoms with Gasteiger partial charge >= 0.3 is 14.7 Å². The first-order chi connectivity index (χ1) is 12.2. The lowest BCUT2D eigenvalue weighted by Gasteiger charge is -2.11. The fourth-order valence-electron chi connectivity index (χ4n) is 2.81. The summed E-state index contributed by atoms with van der Waals surface area (Å²) in [5.74, 6) is -1.07. The van der Waals surface area contributed by atoms with Crippen molar-refractivity contribution in [3.63, 3.8) is 0 Å². The van der Waals surface area contributed by atoms with Crippen LogP contribution in [-0.4, -0.2) is 30.4 Å². The topological polar surface area (TPSA) is 72.8 Å². The van der Waals surface area contributed by atoms with Gasteiger partial charge in [-0.15, -0.1) is 0 Å². The Morgan fingerprint density at radius 3 is 1.68 bits per heavy atom. The van der Waals surface area contributed by atoms with Crippen molar-refractivity contribution in [3.05, 3.63) is 0 Å². The molecule has 0 saturated heterocycles. The average molecular weight is 376 g/mol. The van der Waals surface area contributed by atoms with Crippen molar-refractivity contribution in [2.45, 2.75) is 103 Å². The summed E-state index contributed by atoms with van der Waals surface area (Å²) in [6, 6.07) is 0. The molecule has 6 heteroatoms. The lowest BCUT2D eigenvalue weighted by Crippen LogP contribution is -2.28. The fourth-order valence-corrected chi connectivity index (χ4v) is 3.01. The maximum atomic E-state index is 10.9. The number of ether oxygens (including phenoxy) is 1. The lowest BCUT2D eigenvalue weighted by atomic mass is 10.0. The molecular formula is C19H37O5P. The van der Waals surface area contributed by atoms with E-state index in [2.05, 4.69) is 11.4 Å². The number of unbranched alkanes of at least 4 members (excludes halogenated alkanes) is 13. The number of rotatable bonds is 20. The smallest absolute Gasteiger partial charge is 0.335 e. The SMILES string of the molecule is CCCCCCCCCCCCCCCCO[C@H](COP=O)C(=O)O. The molecule has 25 heavy (non-hydrogen) atoms. The molecule has 0 bridgehead atoms. The third-order valence-corrected chi connectivity index (χ3v) is 4.63. The van der Waals surface area contributed by atoms with Crippen LogP contribution in [0.1, 0.15) is 96.8 Å². The zero-order valence-corrected chi connectivity index (χ0v) is 16.8. The van der Waals surface area contributed by atoms with E-state index in [1.54, 1.807) is 0 Å². The molecule has 0 rings (SSSR count). The van der Waals surface area contributed by atoms with Gasteiger partial charge in [0.05, 0.1) is 6.61 Å². The molecule has 1 N–H and O–H groups in total. The van der Waals surface area contributed by atoms with Gasteiger partial charge in [-0.3, -0.25) is 4.52 Å². The zero-order valence-electron chi connectivity index (χ0n) is 15.9. The Kier molecular flexibility index (Phi) is 19.4. The molecule has 0 spiro atoms. The highest BCUT2D eigenvalue weighted by atomic mass is 31.1. The van der Waals surface area contributed by atoms with Crippen molar-refractivity contribution in [1.82, 2.24) is 0 Å². The van der Waals surface area contributed by atoms with Gasteiger partial charge in [0.1, 0.15) is 0 Å². The molecule has 0 unspecified atom stereocenters. The molecule has 0 aromatic carbocycles. The van der Waals surface area contributed by atoms with Crippen molar-refractivity contribution in [3.8, 4) is 0 Å². The minimum atomic E-state index is -1.07. The van der Waals surface area contributed by atoms with E-state index in [4.69, 9.17) is 9.84 Å². The summed E-state index contributed by atoms with van der Waals surface area (Å²) in [5.41, 5.74) is 0. The van der Waals surface area contributed by atoms with Crippen molar-refractivity contribution >= 4 is 14.7 Å². The van der Waals surface area contributed by atoms with Gasteiger partial charge in [0.15, 0.2) is 6.10 Å². The normalized spacial score (nSPS) is 12.5. The van der Waals surface area contributed by atoms with Crippen molar-refractivity contribution in [2.75, 3.05) is 13.2 Å². The van der Waals surface area contributed by atoms with Crippen molar-refractivity contribution in [2.24, 2.45) is 0 Å². The van der Waals surface area contributed by atoms with Crippen LogP contribution < -0.4 is 0 Å². The Balaban J connectivity index is 3.25. The van der Waals surface area contributed by atoms with E-state index < -0.39 is 20.8 Å². The highest BCUT2D eigenvalue weighted by Gasteiger charge is 2.18. The Labute approximate surface area is 155 Å². The summed E-state index contributed by atoms with van der Waals surface area (Å²) in [7, 11) is -0.514. The van der Waals surface area contributed by atoms with Gasteiger partial charge in [0, 0.05) is 6.61 Å². The Morgan fingerprint density at radius 1 is 0.840 bits per heavy atom. The van der Waals surface area contributed by atoms with Crippen LogP contribution in [0.4, 0.5) is 0 Å². The van der Waals surface area contributed by atoms with Crippen LogP contribution in [0.2, 0.25) is 0 Å². The zero-order chi connectivity index (χ0) is 18.6. The van der Waals surface area contributed by atoms with Crippen LogP contribution in [0.15, 0.2) is 0 Å². The molecule has 0 fully saturated rings. The molecule has 0 aromatic heterocycles. The first kappa shape index (κ1) is 24.5. The number of carboxylic acids is 1. The standard InChI is InChI=1S/C19H37O5P/c1-2-3-4-5-6-7-8-9-10-11-12-13-14-15-16-23-18(19(20)21)17-24-25-22/h18H,2-17H2,1H3,(H,20,21)/t18-/m1/s1. The van der Waals surface area contributed by atoms with Crippen LogP contribution in [0.3, 0.4) is 0 Å². The summed E-state index contributed by atoms with van der Waals surface area (Å²) in [6.45, 7) is 2.48. The summed E-state index contributed by atoms with van der Waals surface area (Å²) in [4.78, 5) is 10.9. The Hall–Kier alpha value is -0.510. The van der Waals surface area contributed by atoms with Gasteiger partial charge in [-0.2, -0.15) is 0 Å². The predicted molar refractivity (Wildman–Crippen MR) is 101 cm³/mol. The second kappa shape index (κ2) is 19.8. The van der Waals surface area contributed by atoms with E-state index in [9.17, 15) is 9.36 Å². The summed E-state index contributed by atoms with van der Waals surface area (Å²) >= 11 is 0. The number of carbonyl (C=O) groups is 1. The summed E-state index contributed by atoms with van der Waals surface area (Å²) < 4.78 is 20.0. The van der Waals surface area contributed by atoms with E-state index in [0.717, 1.165) is 12.8 Å². The van der Waals surface area contributed by atoms with Gasteiger partial charge < -0.3 is 9.84 Å². The molecule has 148 valence electrons. The highest BCUT2D eigenvalue weighted by Crippen LogP contribution is 2.13. The quantitative estimate of drug-likeness (QED) is 0.203. The van der Waals surface area contributed by atoms with E-state index in [0.29, 0.717) is 6.61 Å². The van der Waals surface area contributed by atoms with E-state index >= 15 is 0 Å². The average Bonchev–Trinajstić information content (AvgIpc) is 2.60. The Bertz CT molecular complexity index is 312. The molecular weight excluding hydrogens is 339 g/mol. The second-order valence-electron chi connectivity index (χ2n) is 6.66. The third-order valence-electron chi connectivity index (χ3n) is 4.37. The largest absolute Gasteiger partial charge is 0.479 e. The fraction of sp³-hybridized carbons (Fsp3) is 0.947. The van der Waals surface area contributed by atoms with Crippen molar-refractivity contribution in [1.29, 1.82) is 0 Å². The maximum absolute atomic E-state index is 10.9. The minimum absolute atomic E-state index is 0.182. The van der Waals surface area contributed by atoms with Crippen LogP contribution in [0.5, 0.6) is 0 Å². The summed E-state index contributed by atoms with van der Waals surface area (Å²) in [6.07, 6.45) is 17.0. The molecule has 0 saturated carbocycles. The van der Waals surface area contributed by atoms with Gasteiger partial charge in [0.25, 0.3) is 0 Å². The van der Waals surface area contributed by atoms with Crippen LogP contribution in [-0.2, 0) is 18.6 Å². The van der Waals surface area contributed by atoms with Crippen LogP contribution >= 0.6 is 8.69 Å². The van der Waals surface area contributed by atoms with E-state index in [-0.39, 0.29) is 6.61 Å². The van der Waals surface area contributed by atoms with E-state index in [1.807, 2.05) is 0 Å². The maximum Gasteiger partial charge on any atom is 0.335 e. The second-order valence-corrected chi connectivity index (χ2v) is 7.07. The number of aliphatic carboxylic acids is 1. The molecule has 5 nitrogen and oxygen atoms in total. The van der Waals surface area contributed by atoms with Gasteiger partial charge in [-0.05, 0) is 6.42 Å². The molecule has 0 aliphatic rings. The first-order valence-corrected chi connectivity index (χ1v) is 10.7. The number of carboxylic acid groups (broad SMARTS) is 1. The molecule has 0 aliphatic carbocycles. The van der Waals surface area contributed by atoms with E-state index in [1.165, 1.54) is 77.0 Å². The van der Waals surface area contributed by atoms with Crippen LogP contribution in [0, 0.1) is 0 Å².